The fourth-order valence-electron chi connectivity index (χ4n) is 4.89. The molecule has 5 rings (SSSR count). The molecule has 2 aliphatic rings. The maximum Gasteiger partial charge on any atom is 0.228 e. The van der Waals surface area contributed by atoms with E-state index in [9.17, 15) is 9.59 Å². The van der Waals surface area contributed by atoms with Crippen LogP contribution in [0.5, 0.6) is 5.75 Å². The lowest BCUT2D eigenvalue weighted by Crippen LogP contribution is -2.37. The van der Waals surface area contributed by atoms with Crippen LogP contribution >= 0.6 is 0 Å². The number of nitrogens with one attached hydrogen (secondary N) is 1. The number of rotatable bonds is 5. The van der Waals surface area contributed by atoms with Crippen LogP contribution in [0.1, 0.15) is 42.3 Å². The molecule has 1 N–H and O–H groups in total. The first-order valence-electron chi connectivity index (χ1n) is 11.2. The van der Waals surface area contributed by atoms with E-state index < -0.39 is 0 Å². The Morgan fingerprint density at radius 2 is 2.03 bits per heavy atom. The van der Waals surface area contributed by atoms with Gasteiger partial charge in [0.25, 0.3) is 0 Å². The van der Waals surface area contributed by atoms with E-state index >= 15 is 0 Å². The van der Waals surface area contributed by atoms with Gasteiger partial charge in [-0.2, -0.15) is 0 Å². The number of hydrogen-bond donors (Lipinski definition) is 1. The quantitative estimate of drug-likeness (QED) is 0.668. The SMILES string of the molecule is COc1ccc(CN2CC(C(=O)N3CCCC3c3nc4ccc(C)cc4[nH]3)CC2=O)cc1. The van der Waals surface area contributed by atoms with E-state index in [0.29, 0.717) is 19.6 Å². The Morgan fingerprint density at radius 1 is 1.22 bits per heavy atom. The van der Waals surface area contributed by atoms with Crippen molar-refractivity contribution >= 4 is 22.8 Å². The number of H-pyrrole nitrogens is 1. The highest BCUT2D eigenvalue weighted by atomic mass is 16.5. The normalized spacial score (nSPS) is 21.0. The first-order chi connectivity index (χ1) is 15.5. The molecule has 0 radical (unpaired) electrons. The minimum atomic E-state index is -0.298. The molecule has 166 valence electrons. The number of imidazole rings is 1. The number of aryl methyl sites for hydroxylation is 1. The highest BCUT2D eigenvalue weighted by molar-refractivity contribution is 5.89. The summed E-state index contributed by atoms with van der Waals surface area (Å²) in [6.07, 6.45) is 2.11. The van der Waals surface area contributed by atoms with Gasteiger partial charge < -0.3 is 19.5 Å². The number of benzene rings is 2. The summed E-state index contributed by atoms with van der Waals surface area (Å²) in [7, 11) is 1.63. The number of aromatic amines is 1. The van der Waals surface area contributed by atoms with Crippen LogP contribution in [-0.4, -0.2) is 51.8 Å². The zero-order valence-electron chi connectivity index (χ0n) is 18.5. The largest absolute Gasteiger partial charge is 0.497 e. The first kappa shape index (κ1) is 20.5. The van der Waals surface area contributed by atoms with Crippen molar-refractivity contribution in [3.8, 4) is 5.75 Å². The second kappa shape index (κ2) is 8.30. The Bertz CT molecular complexity index is 1150. The van der Waals surface area contributed by atoms with Crippen LogP contribution in [0.4, 0.5) is 0 Å². The third-order valence-corrected chi connectivity index (χ3v) is 6.60. The summed E-state index contributed by atoms with van der Waals surface area (Å²) in [4.78, 5) is 38.0. The number of carbonyl (C=O) groups is 2. The summed E-state index contributed by atoms with van der Waals surface area (Å²) in [6.45, 7) is 3.74. The summed E-state index contributed by atoms with van der Waals surface area (Å²) in [6, 6.07) is 13.8. The van der Waals surface area contributed by atoms with Gasteiger partial charge in [-0.25, -0.2) is 4.98 Å². The Balaban J connectivity index is 1.29. The topological polar surface area (TPSA) is 78.5 Å². The summed E-state index contributed by atoms with van der Waals surface area (Å²) in [5, 5.41) is 0. The summed E-state index contributed by atoms with van der Waals surface area (Å²) >= 11 is 0. The Hall–Kier alpha value is -3.35. The molecular weight excluding hydrogens is 404 g/mol. The van der Waals surface area contributed by atoms with Gasteiger partial charge in [-0.05, 0) is 55.2 Å². The Morgan fingerprint density at radius 3 is 2.81 bits per heavy atom. The molecule has 2 unspecified atom stereocenters. The number of hydrogen-bond acceptors (Lipinski definition) is 4. The highest BCUT2D eigenvalue weighted by Crippen LogP contribution is 2.34. The Kier molecular flexibility index (Phi) is 5.33. The van der Waals surface area contributed by atoms with E-state index in [0.717, 1.165) is 41.0 Å². The van der Waals surface area contributed by atoms with Crippen molar-refractivity contribution in [2.24, 2.45) is 5.92 Å². The van der Waals surface area contributed by atoms with Crippen LogP contribution in [0.15, 0.2) is 42.5 Å². The van der Waals surface area contributed by atoms with Crippen LogP contribution in [-0.2, 0) is 16.1 Å². The van der Waals surface area contributed by atoms with Crippen molar-refractivity contribution in [2.75, 3.05) is 20.2 Å². The van der Waals surface area contributed by atoms with E-state index in [1.54, 1.807) is 12.0 Å². The van der Waals surface area contributed by atoms with Crippen LogP contribution in [0.2, 0.25) is 0 Å². The molecule has 7 nitrogen and oxygen atoms in total. The third kappa shape index (κ3) is 3.83. The van der Waals surface area contributed by atoms with Crippen molar-refractivity contribution in [1.29, 1.82) is 0 Å². The van der Waals surface area contributed by atoms with Crippen molar-refractivity contribution in [3.05, 3.63) is 59.4 Å². The van der Waals surface area contributed by atoms with Gasteiger partial charge in [-0.15, -0.1) is 0 Å². The van der Waals surface area contributed by atoms with Crippen molar-refractivity contribution in [2.45, 2.75) is 38.8 Å². The number of methoxy groups -OCH3 is 1. The molecule has 32 heavy (non-hydrogen) atoms. The zero-order valence-corrected chi connectivity index (χ0v) is 18.5. The molecule has 0 spiro atoms. The average Bonchev–Trinajstić information content (AvgIpc) is 3.52. The van der Waals surface area contributed by atoms with Crippen LogP contribution in [0.3, 0.4) is 0 Å². The zero-order chi connectivity index (χ0) is 22.2. The average molecular weight is 433 g/mol. The predicted octanol–water partition coefficient (Wildman–Crippen LogP) is 3.59. The maximum atomic E-state index is 13.4. The van der Waals surface area contributed by atoms with Crippen LogP contribution in [0, 0.1) is 12.8 Å². The molecule has 1 aromatic heterocycles. The fraction of sp³-hybridized carbons (Fsp3) is 0.400. The monoisotopic (exact) mass is 432 g/mol. The molecule has 0 saturated carbocycles. The first-order valence-corrected chi connectivity index (χ1v) is 11.2. The van der Waals surface area contributed by atoms with Gasteiger partial charge in [0.05, 0.1) is 30.1 Å². The number of carbonyl (C=O) groups excluding carboxylic acids is 2. The van der Waals surface area contributed by atoms with E-state index in [4.69, 9.17) is 9.72 Å². The van der Waals surface area contributed by atoms with Gasteiger partial charge >= 0.3 is 0 Å². The second-order valence-electron chi connectivity index (χ2n) is 8.86. The fourth-order valence-corrected chi connectivity index (χ4v) is 4.89. The smallest absolute Gasteiger partial charge is 0.228 e. The van der Waals surface area contributed by atoms with E-state index in [2.05, 4.69) is 18.0 Å². The molecule has 2 amide bonds. The molecule has 2 atom stereocenters. The molecule has 2 saturated heterocycles. The Labute approximate surface area is 187 Å². The predicted molar refractivity (Wildman–Crippen MR) is 121 cm³/mol. The van der Waals surface area contributed by atoms with Gasteiger partial charge in [0.1, 0.15) is 11.6 Å². The number of likely N-dealkylation sites (tertiary alicyclic amines) is 2. The van der Waals surface area contributed by atoms with Gasteiger partial charge in [0.15, 0.2) is 0 Å². The molecule has 0 bridgehead atoms. The van der Waals surface area contributed by atoms with Crippen molar-refractivity contribution in [3.63, 3.8) is 0 Å². The molecule has 2 aliphatic heterocycles. The minimum absolute atomic E-state index is 0.0362. The van der Waals surface area contributed by atoms with Crippen molar-refractivity contribution in [1.82, 2.24) is 19.8 Å². The van der Waals surface area contributed by atoms with Crippen LogP contribution < -0.4 is 4.74 Å². The summed E-state index contributed by atoms with van der Waals surface area (Å²) in [5.41, 5.74) is 4.13. The standard InChI is InChI=1S/C25H28N4O3/c1-16-5-10-20-21(12-16)27-24(26-20)22-4-3-11-29(22)25(31)18-13-23(30)28(15-18)14-17-6-8-19(32-2)9-7-17/h5-10,12,18,22H,3-4,11,13-15H2,1-2H3,(H,26,27). The minimum Gasteiger partial charge on any atom is -0.497 e. The van der Waals surface area contributed by atoms with E-state index in [-0.39, 0.29) is 30.2 Å². The number of ether oxygens (including phenoxy) is 1. The third-order valence-electron chi connectivity index (χ3n) is 6.60. The van der Waals surface area contributed by atoms with Gasteiger partial charge in [-0.3, -0.25) is 9.59 Å². The summed E-state index contributed by atoms with van der Waals surface area (Å²) < 4.78 is 5.20. The lowest BCUT2D eigenvalue weighted by molar-refractivity contribution is -0.136. The molecular formula is C25H28N4O3. The van der Waals surface area contributed by atoms with Gasteiger partial charge in [-0.1, -0.05) is 18.2 Å². The molecule has 3 aromatic rings. The van der Waals surface area contributed by atoms with Gasteiger partial charge in [0.2, 0.25) is 11.8 Å². The molecule has 7 heteroatoms. The number of nitrogens with zero attached hydrogens (tertiary/aromatic N) is 3. The van der Waals surface area contributed by atoms with Gasteiger partial charge in [0, 0.05) is 26.1 Å². The molecule has 2 aromatic carbocycles. The second-order valence-corrected chi connectivity index (χ2v) is 8.86. The maximum absolute atomic E-state index is 13.4. The number of amides is 2. The van der Waals surface area contributed by atoms with E-state index in [1.807, 2.05) is 41.3 Å². The molecule has 2 fully saturated rings. The van der Waals surface area contributed by atoms with Crippen LogP contribution in [0.25, 0.3) is 11.0 Å². The lowest BCUT2D eigenvalue weighted by atomic mass is 10.1. The van der Waals surface area contributed by atoms with E-state index in [1.165, 1.54) is 5.56 Å². The molecule has 3 heterocycles. The van der Waals surface area contributed by atoms with Crippen molar-refractivity contribution < 1.29 is 14.3 Å². The molecule has 0 aliphatic carbocycles. The highest BCUT2D eigenvalue weighted by Gasteiger charge is 2.40. The number of aromatic nitrogens is 2. The summed E-state index contributed by atoms with van der Waals surface area (Å²) in [5.74, 6) is 1.43. The lowest BCUT2D eigenvalue weighted by Gasteiger charge is -2.26. The number of fused-ring (bicyclic) bond motifs is 1.